The summed E-state index contributed by atoms with van der Waals surface area (Å²) in [5.74, 6) is 0.406. The van der Waals surface area contributed by atoms with Gasteiger partial charge in [0, 0.05) is 21.1 Å². The Hall–Kier alpha value is -0.210. The second-order valence-corrected chi connectivity index (χ2v) is 6.31. The monoisotopic (exact) mass is 232 g/mol. The standard InChI is InChI=1S/C11H14ClFS/c1-11(2,3)14-7-8-9(12)5-4-6-10(8)13/h4-6H,7H2,1-3H3. The summed E-state index contributed by atoms with van der Waals surface area (Å²) in [6.45, 7) is 6.31. The summed E-state index contributed by atoms with van der Waals surface area (Å²) in [4.78, 5) is 0. The average Bonchev–Trinajstić information content (AvgIpc) is 2.01. The summed E-state index contributed by atoms with van der Waals surface area (Å²) in [6, 6.07) is 4.80. The Labute approximate surface area is 93.8 Å². The maximum atomic E-state index is 13.3. The van der Waals surface area contributed by atoms with E-state index in [1.54, 1.807) is 23.9 Å². The second-order valence-electron chi connectivity index (χ2n) is 4.10. The molecule has 0 aliphatic rings. The van der Waals surface area contributed by atoms with Gasteiger partial charge in [-0.2, -0.15) is 11.8 Å². The van der Waals surface area contributed by atoms with E-state index < -0.39 is 0 Å². The zero-order chi connectivity index (χ0) is 10.8. The Morgan fingerprint density at radius 3 is 2.50 bits per heavy atom. The molecule has 0 radical (unpaired) electrons. The molecule has 0 atom stereocenters. The van der Waals surface area contributed by atoms with E-state index in [4.69, 9.17) is 11.6 Å². The van der Waals surface area contributed by atoms with Gasteiger partial charge in [-0.3, -0.25) is 0 Å². The summed E-state index contributed by atoms with van der Waals surface area (Å²) in [6.07, 6.45) is 0. The molecule has 1 aromatic carbocycles. The third-order valence-corrected chi connectivity index (χ3v) is 3.36. The molecule has 0 aromatic heterocycles. The number of hydrogen-bond donors (Lipinski definition) is 0. The van der Waals surface area contributed by atoms with E-state index in [0.717, 1.165) is 0 Å². The van der Waals surface area contributed by atoms with Gasteiger partial charge in [-0.1, -0.05) is 38.4 Å². The van der Waals surface area contributed by atoms with Gasteiger partial charge in [0.1, 0.15) is 5.82 Å². The van der Waals surface area contributed by atoms with Gasteiger partial charge in [-0.15, -0.1) is 0 Å². The van der Waals surface area contributed by atoms with E-state index in [1.807, 2.05) is 0 Å². The van der Waals surface area contributed by atoms with E-state index in [0.29, 0.717) is 16.3 Å². The first-order chi connectivity index (χ1) is 6.40. The highest BCUT2D eigenvalue weighted by atomic mass is 35.5. The predicted octanol–water partition coefficient (Wildman–Crippen LogP) is 4.51. The van der Waals surface area contributed by atoms with E-state index in [9.17, 15) is 4.39 Å². The number of thioether (sulfide) groups is 1. The molecule has 0 nitrogen and oxygen atoms in total. The van der Waals surface area contributed by atoms with E-state index >= 15 is 0 Å². The normalized spacial score (nSPS) is 11.8. The molecule has 0 fully saturated rings. The largest absolute Gasteiger partial charge is 0.207 e. The quantitative estimate of drug-likeness (QED) is 0.723. The lowest BCUT2D eigenvalue weighted by molar-refractivity contribution is 0.617. The van der Waals surface area contributed by atoms with Gasteiger partial charge in [-0.05, 0) is 12.1 Å². The molecule has 0 saturated carbocycles. The fourth-order valence-electron chi connectivity index (χ4n) is 0.959. The van der Waals surface area contributed by atoms with Crippen molar-refractivity contribution in [3.8, 4) is 0 Å². The second kappa shape index (κ2) is 4.54. The maximum absolute atomic E-state index is 13.3. The Kier molecular flexibility index (Phi) is 3.85. The van der Waals surface area contributed by atoms with Crippen molar-refractivity contribution >= 4 is 23.4 Å². The van der Waals surface area contributed by atoms with Gasteiger partial charge in [0.2, 0.25) is 0 Å². The number of halogens is 2. The van der Waals surface area contributed by atoms with Crippen LogP contribution in [0.3, 0.4) is 0 Å². The van der Waals surface area contributed by atoms with Gasteiger partial charge in [0.25, 0.3) is 0 Å². The molecule has 0 aliphatic carbocycles. The molecule has 0 saturated heterocycles. The highest BCUT2D eigenvalue weighted by Gasteiger charge is 2.14. The molecule has 78 valence electrons. The molecular weight excluding hydrogens is 219 g/mol. The SMILES string of the molecule is CC(C)(C)SCc1c(F)cccc1Cl. The van der Waals surface area contributed by atoms with Gasteiger partial charge in [0.15, 0.2) is 0 Å². The Bertz CT molecular complexity index is 297. The third kappa shape index (κ3) is 3.50. The van der Waals surface area contributed by atoms with Gasteiger partial charge < -0.3 is 0 Å². The van der Waals surface area contributed by atoms with Gasteiger partial charge in [0.05, 0.1) is 0 Å². The van der Waals surface area contributed by atoms with Crippen molar-refractivity contribution in [2.24, 2.45) is 0 Å². The Morgan fingerprint density at radius 2 is 2.00 bits per heavy atom. The van der Waals surface area contributed by atoms with Crippen LogP contribution in [0.1, 0.15) is 26.3 Å². The molecular formula is C11H14ClFS. The van der Waals surface area contributed by atoms with Crippen molar-refractivity contribution in [2.75, 3.05) is 0 Å². The third-order valence-electron chi connectivity index (χ3n) is 1.71. The average molecular weight is 233 g/mol. The topological polar surface area (TPSA) is 0 Å². The lowest BCUT2D eigenvalue weighted by Crippen LogP contribution is -2.08. The lowest BCUT2D eigenvalue weighted by atomic mass is 10.2. The van der Waals surface area contributed by atoms with E-state index in [1.165, 1.54) is 6.07 Å². The first-order valence-electron chi connectivity index (χ1n) is 4.47. The van der Waals surface area contributed by atoms with E-state index in [-0.39, 0.29) is 10.6 Å². The van der Waals surface area contributed by atoms with E-state index in [2.05, 4.69) is 20.8 Å². The molecule has 0 N–H and O–H groups in total. The summed E-state index contributed by atoms with van der Waals surface area (Å²) in [5.41, 5.74) is 0.606. The summed E-state index contributed by atoms with van der Waals surface area (Å²) < 4.78 is 13.5. The molecule has 1 aromatic rings. The van der Waals surface area contributed by atoms with Crippen LogP contribution in [0.2, 0.25) is 5.02 Å². The van der Waals surface area contributed by atoms with Crippen LogP contribution >= 0.6 is 23.4 Å². The predicted molar refractivity (Wildman–Crippen MR) is 62.5 cm³/mol. The molecule has 1 rings (SSSR count). The zero-order valence-electron chi connectivity index (χ0n) is 8.60. The lowest BCUT2D eigenvalue weighted by Gasteiger charge is -2.18. The fourth-order valence-corrected chi connectivity index (χ4v) is 2.14. The minimum Gasteiger partial charge on any atom is -0.207 e. The van der Waals surface area contributed by atoms with Crippen LogP contribution in [0, 0.1) is 5.82 Å². The number of hydrogen-bond acceptors (Lipinski definition) is 1. The summed E-state index contributed by atoms with van der Waals surface area (Å²) in [7, 11) is 0. The van der Waals surface area contributed by atoms with Crippen LogP contribution in [0.25, 0.3) is 0 Å². The first-order valence-corrected chi connectivity index (χ1v) is 5.83. The van der Waals surface area contributed by atoms with Crippen LogP contribution in [0.4, 0.5) is 4.39 Å². The smallest absolute Gasteiger partial charge is 0.128 e. The molecule has 0 spiro atoms. The van der Waals surface area contributed by atoms with Crippen LogP contribution in [0.5, 0.6) is 0 Å². The van der Waals surface area contributed by atoms with Crippen molar-refractivity contribution in [3.63, 3.8) is 0 Å². The molecule has 0 unspecified atom stereocenters. The minimum absolute atomic E-state index is 0.131. The van der Waals surface area contributed by atoms with Crippen molar-refractivity contribution in [1.29, 1.82) is 0 Å². The van der Waals surface area contributed by atoms with Gasteiger partial charge in [-0.25, -0.2) is 4.39 Å². The highest BCUT2D eigenvalue weighted by Crippen LogP contribution is 2.31. The van der Waals surface area contributed by atoms with Crippen LogP contribution in [-0.4, -0.2) is 4.75 Å². The van der Waals surface area contributed by atoms with Crippen LogP contribution < -0.4 is 0 Å². The van der Waals surface area contributed by atoms with Crippen molar-refractivity contribution < 1.29 is 4.39 Å². The van der Waals surface area contributed by atoms with Gasteiger partial charge >= 0.3 is 0 Å². The summed E-state index contributed by atoms with van der Waals surface area (Å²) >= 11 is 7.60. The molecule has 0 amide bonds. The van der Waals surface area contributed by atoms with Crippen molar-refractivity contribution in [2.45, 2.75) is 31.3 Å². The minimum atomic E-state index is -0.214. The maximum Gasteiger partial charge on any atom is 0.128 e. The molecule has 0 bridgehead atoms. The Morgan fingerprint density at radius 1 is 1.36 bits per heavy atom. The summed E-state index contributed by atoms with van der Waals surface area (Å²) in [5, 5.41) is 0.516. The first kappa shape index (κ1) is 11.9. The zero-order valence-corrected chi connectivity index (χ0v) is 10.2. The molecule has 0 aliphatic heterocycles. The van der Waals surface area contributed by atoms with Crippen LogP contribution in [0.15, 0.2) is 18.2 Å². The number of rotatable bonds is 2. The van der Waals surface area contributed by atoms with Crippen molar-refractivity contribution in [3.05, 3.63) is 34.6 Å². The Balaban J connectivity index is 2.77. The molecule has 0 heterocycles. The number of benzene rings is 1. The van der Waals surface area contributed by atoms with Crippen molar-refractivity contribution in [1.82, 2.24) is 0 Å². The molecule has 14 heavy (non-hydrogen) atoms. The molecule has 3 heteroatoms. The highest BCUT2D eigenvalue weighted by molar-refractivity contribution is 7.99. The fraction of sp³-hybridized carbons (Fsp3) is 0.455. The van der Waals surface area contributed by atoms with Crippen LogP contribution in [-0.2, 0) is 5.75 Å².